The Hall–Kier alpha value is -3.17. The van der Waals surface area contributed by atoms with Crippen LogP contribution >= 0.6 is 0 Å². The summed E-state index contributed by atoms with van der Waals surface area (Å²) < 4.78 is 11.0. The van der Waals surface area contributed by atoms with Crippen LogP contribution in [0.4, 0.5) is 11.6 Å². The molecule has 0 radical (unpaired) electrons. The first-order chi connectivity index (χ1) is 15.0. The average Bonchev–Trinajstić information content (AvgIpc) is 2.78. The molecule has 1 aliphatic rings. The summed E-state index contributed by atoms with van der Waals surface area (Å²) in [7, 11) is 0. The number of anilines is 1. The van der Waals surface area contributed by atoms with Crippen LogP contribution in [0.1, 0.15) is 19.7 Å². The molecule has 162 valence electrons. The number of fused-ring (bicyclic) bond motifs is 1. The Morgan fingerprint density at radius 1 is 1.06 bits per heavy atom. The number of hydrogen-bond acceptors (Lipinski definition) is 9. The molecule has 0 spiro atoms. The Morgan fingerprint density at radius 3 is 2.61 bits per heavy atom. The van der Waals surface area contributed by atoms with Gasteiger partial charge in [0.25, 0.3) is 0 Å². The van der Waals surface area contributed by atoms with Crippen LogP contribution in [0.5, 0.6) is 6.01 Å². The molecule has 1 aliphatic heterocycles. The molecule has 2 aromatic carbocycles. The molecule has 1 fully saturated rings. The molecule has 3 aromatic rings. The van der Waals surface area contributed by atoms with Gasteiger partial charge >= 0.3 is 6.01 Å². The maximum atomic E-state index is 9.95. The van der Waals surface area contributed by atoms with Crippen LogP contribution in [0, 0.1) is 0 Å². The molecule has 0 aliphatic carbocycles. The van der Waals surface area contributed by atoms with E-state index >= 15 is 0 Å². The Morgan fingerprint density at radius 2 is 1.84 bits per heavy atom. The lowest BCUT2D eigenvalue weighted by molar-refractivity contribution is 0.0248. The highest BCUT2D eigenvalue weighted by Gasteiger charge is 2.19. The van der Waals surface area contributed by atoms with Gasteiger partial charge in [-0.25, -0.2) is 0 Å². The molecule has 0 amide bonds. The second kappa shape index (κ2) is 9.32. The van der Waals surface area contributed by atoms with Crippen molar-refractivity contribution in [1.29, 1.82) is 0 Å². The molecule has 0 unspecified atom stereocenters. The van der Waals surface area contributed by atoms with Crippen LogP contribution in [0.25, 0.3) is 10.8 Å². The highest BCUT2D eigenvalue weighted by molar-refractivity contribution is 5.84. The fourth-order valence-corrected chi connectivity index (χ4v) is 3.09. The largest absolute Gasteiger partial charge is 0.460 e. The first-order valence-corrected chi connectivity index (χ1v) is 10.3. The first-order valence-electron chi connectivity index (χ1n) is 10.3. The summed E-state index contributed by atoms with van der Waals surface area (Å²) in [6.07, 6.45) is 0. The first kappa shape index (κ1) is 21.1. The molecule has 9 nitrogen and oxygen atoms in total. The van der Waals surface area contributed by atoms with Gasteiger partial charge < -0.3 is 19.5 Å². The van der Waals surface area contributed by atoms with Crippen LogP contribution in [0.3, 0.4) is 0 Å². The van der Waals surface area contributed by atoms with E-state index in [1.54, 1.807) is 13.8 Å². The van der Waals surface area contributed by atoms with Gasteiger partial charge in [-0.15, -0.1) is 0 Å². The van der Waals surface area contributed by atoms with Gasteiger partial charge in [-0.05, 0) is 36.8 Å². The van der Waals surface area contributed by atoms with Gasteiger partial charge in [0.15, 0.2) is 5.82 Å². The van der Waals surface area contributed by atoms with Crippen molar-refractivity contribution >= 4 is 22.4 Å². The molecule has 2 heterocycles. The smallest absolute Gasteiger partial charge is 0.321 e. The molecule has 4 rings (SSSR count). The number of hydrogen-bond donors (Lipinski definition) is 1. The van der Waals surface area contributed by atoms with Gasteiger partial charge in [0.05, 0.1) is 24.5 Å². The molecule has 9 heteroatoms. The van der Waals surface area contributed by atoms with Gasteiger partial charge in [0.1, 0.15) is 13.2 Å². The summed E-state index contributed by atoms with van der Waals surface area (Å²) in [5.74, 6) is 0.965. The van der Waals surface area contributed by atoms with E-state index in [0.29, 0.717) is 38.1 Å². The second-order valence-corrected chi connectivity index (χ2v) is 7.97. The summed E-state index contributed by atoms with van der Waals surface area (Å²) in [5.41, 5.74) is -0.235. The monoisotopic (exact) mass is 422 g/mol. The van der Waals surface area contributed by atoms with E-state index in [1.807, 2.05) is 41.3 Å². The third kappa shape index (κ3) is 5.93. The van der Waals surface area contributed by atoms with Crippen molar-refractivity contribution in [2.75, 3.05) is 37.8 Å². The van der Waals surface area contributed by atoms with Crippen LogP contribution in [-0.4, -0.2) is 58.6 Å². The van der Waals surface area contributed by atoms with Crippen LogP contribution in [0.15, 0.2) is 52.7 Å². The number of aliphatic hydroxyl groups is 1. The predicted octanol–water partition coefficient (Wildman–Crippen LogP) is 3.30. The van der Waals surface area contributed by atoms with E-state index in [2.05, 4.69) is 31.2 Å². The van der Waals surface area contributed by atoms with Crippen molar-refractivity contribution in [2.24, 2.45) is 10.2 Å². The minimum atomic E-state index is -0.998. The quantitative estimate of drug-likeness (QED) is 0.582. The molecule has 0 atom stereocenters. The van der Waals surface area contributed by atoms with E-state index in [-0.39, 0.29) is 19.2 Å². The highest BCUT2D eigenvalue weighted by Crippen LogP contribution is 2.22. The van der Waals surface area contributed by atoms with Gasteiger partial charge in [-0.1, -0.05) is 30.3 Å². The lowest BCUT2D eigenvalue weighted by Gasteiger charge is -2.27. The second-order valence-electron chi connectivity index (χ2n) is 7.97. The third-order valence-corrected chi connectivity index (χ3v) is 4.63. The normalized spacial score (nSPS) is 15.0. The Balaban J connectivity index is 1.52. The van der Waals surface area contributed by atoms with Crippen molar-refractivity contribution in [1.82, 2.24) is 15.0 Å². The maximum Gasteiger partial charge on any atom is 0.321 e. The summed E-state index contributed by atoms with van der Waals surface area (Å²) >= 11 is 0. The van der Waals surface area contributed by atoms with E-state index in [0.717, 1.165) is 16.5 Å². The summed E-state index contributed by atoms with van der Waals surface area (Å²) in [6, 6.07) is 14.2. The minimum Gasteiger partial charge on any atom is -0.460 e. The number of nitrogens with zero attached hydrogens (tertiary/aromatic N) is 6. The molecule has 31 heavy (non-hydrogen) atoms. The summed E-state index contributed by atoms with van der Waals surface area (Å²) in [4.78, 5) is 15.3. The predicted molar refractivity (Wildman–Crippen MR) is 117 cm³/mol. The number of benzene rings is 2. The number of rotatable bonds is 7. The Kier molecular flexibility index (Phi) is 6.34. The number of aromatic nitrogens is 3. The van der Waals surface area contributed by atoms with Gasteiger partial charge in [0.2, 0.25) is 5.95 Å². The van der Waals surface area contributed by atoms with E-state index in [4.69, 9.17) is 9.47 Å². The van der Waals surface area contributed by atoms with Crippen LogP contribution in [0.2, 0.25) is 0 Å². The third-order valence-electron chi connectivity index (χ3n) is 4.63. The molecule has 0 bridgehead atoms. The zero-order valence-corrected chi connectivity index (χ0v) is 17.7. The number of azo groups is 1. The fraction of sp³-hybridized carbons (Fsp3) is 0.409. The van der Waals surface area contributed by atoms with Crippen molar-refractivity contribution in [2.45, 2.75) is 26.0 Å². The zero-order chi connectivity index (χ0) is 21.7. The number of morpholine rings is 1. The number of ether oxygens (including phenoxy) is 2. The zero-order valence-electron chi connectivity index (χ0n) is 17.7. The topological polar surface area (TPSA) is 105 Å². The lowest BCUT2D eigenvalue weighted by Crippen LogP contribution is -2.37. The molecule has 0 saturated carbocycles. The fourth-order valence-electron chi connectivity index (χ4n) is 3.09. The SMILES string of the molecule is CC(C)(O)COc1nc(CN=Nc2ccc3ccccc3c2)nc(N2CCOCC2)n1. The molecule has 1 saturated heterocycles. The highest BCUT2D eigenvalue weighted by atomic mass is 16.5. The van der Waals surface area contributed by atoms with Crippen molar-refractivity contribution < 1.29 is 14.6 Å². The molecule has 1 N–H and O–H groups in total. The molecule has 1 aromatic heterocycles. The van der Waals surface area contributed by atoms with Crippen molar-refractivity contribution in [3.05, 3.63) is 48.3 Å². The minimum absolute atomic E-state index is 0.0671. The van der Waals surface area contributed by atoms with Gasteiger partial charge in [-0.2, -0.15) is 25.2 Å². The van der Waals surface area contributed by atoms with Gasteiger partial charge in [0, 0.05) is 13.1 Å². The molecular formula is C22H26N6O3. The maximum absolute atomic E-state index is 9.95. The summed E-state index contributed by atoms with van der Waals surface area (Å²) in [6.45, 7) is 6.18. The summed E-state index contributed by atoms with van der Waals surface area (Å²) in [5, 5.41) is 20.8. The van der Waals surface area contributed by atoms with E-state index in [9.17, 15) is 5.11 Å². The van der Waals surface area contributed by atoms with Gasteiger partial charge in [-0.3, -0.25) is 0 Å². The lowest BCUT2D eigenvalue weighted by atomic mass is 10.1. The Labute approximate surface area is 180 Å². The van der Waals surface area contributed by atoms with E-state index < -0.39 is 5.60 Å². The standard InChI is InChI=1S/C22H26N6O3/c1-22(2,29)15-31-21-25-19(24-20(26-21)28-9-11-30-12-10-28)14-23-27-18-8-7-16-5-3-4-6-17(16)13-18/h3-8,13,29H,9-12,14-15H2,1-2H3. The average molecular weight is 422 g/mol. The van der Waals surface area contributed by atoms with Crippen molar-refractivity contribution in [3.63, 3.8) is 0 Å². The van der Waals surface area contributed by atoms with Crippen molar-refractivity contribution in [3.8, 4) is 6.01 Å². The Bertz CT molecular complexity index is 1060. The van der Waals surface area contributed by atoms with Crippen LogP contribution < -0.4 is 9.64 Å². The van der Waals surface area contributed by atoms with Crippen LogP contribution in [-0.2, 0) is 11.3 Å². The van der Waals surface area contributed by atoms with E-state index in [1.165, 1.54) is 0 Å². The molecular weight excluding hydrogens is 396 g/mol.